The van der Waals surface area contributed by atoms with Crippen LogP contribution in [0.4, 0.5) is 10.5 Å². The van der Waals surface area contributed by atoms with Crippen molar-refractivity contribution in [2.45, 2.75) is 26.7 Å². The van der Waals surface area contributed by atoms with Crippen molar-refractivity contribution in [3.8, 4) is 5.75 Å². The Labute approximate surface area is 141 Å². The number of rotatable bonds is 6. The first kappa shape index (κ1) is 17.5. The Balaban J connectivity index is 1.92. The van der Waals surface area contributed by atoms with Gasteiger partial charge in [-0.25, -0.2) is 4.79 Å². The number of hydrogen-bond acceptors (Lipinski definition) is 4. The second kappa shape index (κ2) is 8.67. The summed E-state index contributed by atoms with van der Waals surface area (Å²) >= 11 is 0. The summed E-state index contributed by atoms with van der Waals surface area (Å²) in [5.41, 5.74) is 1.83. The van der Waals surface area contributed by atoms with Gasteiger partial charge in [-0.3, -0.25) is 15.1 Å². The lowest BCUT2D eigenvalue weighted by atomic mass is 10.2. The Bertz CT molecular complexity index is 702. The van der Waals surface area contributed by atoms with Gasteiger partial charge in [-0.2, -0.15) is 0 Å². The van der Waals surface area contributed by atoms with Crippen LogP contribution in [0.1, 0.15) is 35.7 Å². The van der Waals surface area contributed by atoms with Gasteiger partial charge in [0.2, 0.25) is 0 Å². The minimum Gasteiger partial charge on any atom is -0.493 e. The number of anilines is 1. The number of imide groups is 1. The minimum absolute atomic E-state index is 0.323. The number of hydrogen-bond donors (Lipinski definition) is 2. The average molecular weight is 327 g/mol. The smallest absolute Gasteiger partial charge is 0.326 e. The summed E-state index contributed by atoms with van der Waals surface area (Å²) in [6.45, 7) is 4.68. The minimum atomic E-state index is -0.595. The van der Waals surface area contributed by atoms with Gasteiger partial charge in [-0.15, -0.1) is 0 Å². The van der Waals surface area contributed by atoms with Gasteiger partial charge in [0, 0.05) is 18.1 Å². The van der Waals surface area contributed by atoms with Gasteiger partial charge in [0.25, 0.3) is 5.91 Å². The van der Waals surface area contributed by atoms with E-state index in [1.54, 1.807) is 30.5 Å². The molecule has 2 rings (SSSR count). The molecule has 2 N–H and O–H groups in total. The van der Waals surface area contributed by atoms with E-state index in [4.69, 9.17) is 4.74 Å². The number of nitrogens with one attached hydrogen (secondary N) is 2. The molecule has 6 nitrogen and oxygen atoms in total. The largest absolute Gasteiger partial charge is 0.493 e. The lowest BCUT2D eigenvalue weighted by Gasteiger charge is -2.11. The van der Waals surface area contributed by atoms with Crippen LogP contribution in [0.15, 0.2) is 42.7 Å². The molecule has 0 atom stereocenters. The van der Waals surface area contributed by atoms with E-state index < -0.39 is 11.9 Å². The summed E-state index contributed by atoms with van der Waals surface area (Å²) < 4.78 is 5.67. The number of aryl methyl sites for hydroxylation is 1. The summed E-state index contributed by atoms with van der Waals surface area (Å²) in [5, 5.41) is 4.89. The summed E-state index contributed by atoms with van der Waals surface area (Å²) in [5.74, 6) is 0.290. The average Bonchev–Trinajstić information content (AvgIpc) is 2.57. The number of urea groups is 1. The second-order valence-electron chi connectivity index (χ2n) is 5.33. The fourth-order valence-corrected chi connectivity index (χ4v) is 2.05. The highest BCUT2D eigenvalue weighted by Gasteiger charge is 2.11. The van der Waals surface area contributed by atoms with E-state index in [9.17, 15) is 9.59 Å². The molecule has 1 aromatic heterocycles. The normalized spacial score (nSPS) is 10.1. The number of pyridine rings is 1. The maximum atomic E-state index is 11.9. The summed E-state index contributed by atoms with van der Waals surface area (Å²) in [6.07, 6.45) is 5.03. The molecule has 0 radical (unpaired) electrons. The van der Waals surface area contributed by atoms with Crippen molar-refractivity contribution in [2.75, 3.05) is 11.9 Å². The van der Waals surface area contributed by atoms with Crippen molar-refractivity contribution in [3.63, 3.8) is 0 Å². The third-order valence-corrected chi connectivity index (χ3v) is 3.34. The number of ether oxygens (including phenoxy) is 1. The van der Waals surface area contributed by atoms with Gasteiger partial charge in [0.05, 0.1) is 12.2 Å². The number of amides is 3. The van der Waals surface area contributed by atoms with Crippen LogP contribution in [0.5, 0.6) is 5.75 Å². The summed E-state index contributed by atoms with van der Waals surface area (Å²) in [4.78, 5) is 27.6. The molecule has 0 saturated heterocycles. The Morgan fingerprint density at radius 3 is 2.75 bits per heavy atom. The monoisotopic (exact) mass is 327 g/mol. The van der Waals surface area contributed by atoms with Crippen LogP contribution in [-0.4, -0.2) is 23.5 Å². The van der Waals surface area contributed by atoms with E-state index in [0.717, 1.165) is 24.2 Å². The second-order valence-corrected chi connectivity index (χ2v) is 5.33. The van der Waals surface area contributed by atoms with Crippen LogP contribution in [0, 0.1) is 6.92 Å². The molecular weight excluding hydrogens is 306 g/mol. The third-order valence-electron chi connectivity index (χ3n) is 3.34. The van der Waals surface area contributed by atoms with Crippen LogP contribution < -0.4 is 15.4 Å². The quantitative estimate of drug-likeness (QED) is 0.795. The van der Waals surface area contributed by atoms with Crippen molar-refractivity contribution in [2.24, 2.45) is 0 Å². The van der Waals surface area contributed by atoms with Crippen molar-refractivity contribution < 1.29 is 14.3 Å². The topological polar surface area (TPSA) is 80.3 Å². The maximum absolute atomic E-state index is 11.9. The molecular formula is C18H21N3O3. The Morgan fingerprint density at radius 2 is 2.08 bits per heavy atom. The highest BCUT2D eigenvalue weighted by Crippen LogP contribution is 2.22. The Kier molecular flexibility index (Phi) is 6.31. The van der Waals surface area contributed by atoms with Gasteiger partial charge in [0.1, 0.15) is 5.75 Å². The highest BCUT2D eigenvalue weighted by atomic mass is 16.5. The lowest BCUT2D eigenvalue weighted by Crippen LogP contribution is -2.34. The molecule has 2 aromatic rings. The molecule has 0 saturated carbocycles. The van der Waals surface area contributed by atoms with Gasteiger partial charge in [-0.05, 0) is 49.2 Å². The van der Waals surface area contributed by atoms with Crippen LogP contribution in [0.3, 0.4) is 0 Å². The zero-order chi connectivity index (χ0) is 17.4. The Morgan fingerprint density at radius 1 is 1.25 bits per heavy atom. The molecule has 0 bridgehead atoms. The van der Waals surface area contributed by atoms with Crippen LogP contribution in [-0.2, 0) is 0 Å². The molecule has 0 fully saturated rings. The predicted octanol–water partition coefficient (Wildman–Crippen LogP) is 3.53. The van der Waals surface area contributed by atoms with Crippen molar-refractivity contribution >= 4 is 17.6 Å². The van der Waals surface area contributed by atoms with Gasteiger partial charge in [0.15, 0.2) is 0 Å². The molecule has 0 spiro atoms. The zero-order valence-electron chi connectivity index (χ0n) is 13.8. The molecule has 1 aromatic carbocycles. The predicted molar refractivity (Wildman–Crippen MR) is 92.3 cm³/mol. The van der Waals surface area contributed by atoms with Gasteiger partial charge in [-0.1, -0.05) is 13.3 Å². The maximum Gasteiger partial charge on any atom is 0.326 e. The third kappa shape index (κ3) is 5.08. The van der Waals surface area contributed by atoms with Crippen LogP contribution in [0.25, 0.3) is 0 Å². The van der Waals surface area contributed by atoms with E-state index in [2.05, 4.69) is 22.5 Å². The standard InChI is InChI=1S/C18H21N3O3/c1-3-4-10-24-16-8-7-15(11-13(16)2)20-18(23)21-17(22)14-6-5-9-19-12-14/h5-9,11-12H,3-4,10H2,1-2H3,(H2,20,21,22,23). The molecule has 0 unspecified atom stereocenters. The van der Waals surface area contributed by atoms with E-state index in [1.807, 2.05) is 13.0 Å². The first-order chi connectivity index (χ1) is 11.6. The van der Waals surface area contributed by atoms with E-state index in [0.29, 0.717) is 17.9 Å². The SMILES string of the molecule is CCCCOc1ccc(NC(=O)NC(=O)c2cccnc2)cc1C. The van der Waals surface area contributed by atoms with E-state index in [1.165, 1.54) is 6.20 Å². The van der Waals surface area contributed by atoms with Gasteiger partial charge >= 0.3 is 6.03 Å². The number of aromatic nitrogens is 1. The summed E-state index contributed by atoms with van der Waals surface area (Å²) in [6, 6.07) is 7.97. The van der Waals surface area contributed by atoms with Crippen molar-refractivity contribution in [3.05, 3.63) is 53.9 Å². The fraction of sp³-hybridized carbons (Fsp3) is 0.278. The van der Waals surface area contributed by atoms with Crippen LogP contribution in [0.2, 0.25) is 0 Å². The number of unbranched alkanes of at least 4 members (excludes halogenated alkanes) is 1. The Hall–Kier alpha value is -2.89. The first-order valence-corrected chi connectivity index (χ1v) is 7.86. The van der Waals surface area contributed by atoms with Crippen LogP contribution >= 0.6 is 0 Å². The number of nitrogens with zero attached hydrogens (tertiary/aromatic N) is 1. The fourth-order valence-electron chi connectivity index (χ4n) is 2.05. The molecule has 6 heteroatoms. The molecule has 0 aliphatic carbocycles. The zero-order valence-corrected chi connectivity index (χ0v) is 13.8. The highest BCUT2D eigenvalue weighted by molar-refractivity contribution is 6.07. The van der Waals surface area contributed by atoms with E-state index in [-0.39, 0.29) is 0 Å². The molecule has 24 heavy (non-hydrogen) atoms. The van der Waals surface area contributed by atoms with Gasteiger partial charge < -0.3 is 10.1 Å². The molecule has 0 aliphatic rings. The molecule has 1 heterocycles. The van der Waals surface area contributed by atoms with Crippen molar-refractivity contribution in [1.29, 1.82) is 0 Å². The lowest BCUT2D eigenvalue weighted by molar-refractivity contribution is 0.0966. The molecule has 126 valence electrons. The number of carbonyl (C=O) groups is 2. The number of benzene rings is 1. The van der Waals surface area contributed by atoms with E-state index >= 15 is 0 Å². The molecule has 3 amide bonds. The first-order valence-electron chi connectivity index (χ1n) is 7.86. The van der Waals surface area contributed by atoms with Crippen molar-refractivity contribution in [1.82, 2.24) is 10.3 Å². The molecule has 0 aliphatic heterocycles. The summed E-state index contributed by atoms with van der Waals surface area (Å²) in [7, 11) is 0. The number of carbonyl (C=O) groups excluding carboxylic acids is 2.